The zero-order valence-electron chi connectivity index (χ0n) is 14.2. The Hall–Kier alpha value is -0.120. The van der Waals surface area contributed by atoms with Crippen LogP contribution in [0.25, 0.3) is 0 Å². The van der Waals surface area contributed by atoms with Crippen molar-refractivity contribution >= 4 is 0 Å². The van der Waals surface area contributed by atoms with E-state index in [0.717, 1.165) is 19.7 Å². The number of hydrogen-bond donors (Lipinski definition) is 1. The fourth-order valence-electron chi connectivity index (χ4n) is 3.90. The fraction of sp³-hybridized carbons (Fsp3) is 1.00. The standard InChI is InChI=1S/C17H36N2O/c1-5-16(6-2)19(12-13-20-4)15-17(14-18-3)10-8-7-9-11-17/h16,18H,5-15H2,1-4H3. The van der Waals surface area contributed by atoms with E-state index in [1.807, 2.05) is 7.11 Å². The van der Waals surface area contributed by atoms with Crippen molar-refractivity contribution in [2.75, 3.05) is 40.4 Å². The summed E-state index contributed by atoms with van der Waals surface area (Å²) in [5, 5.41) is 3.46. The van der Waals surface area contributed by atoms with Gasteiger partial charge < -0.3 is 10.1 Å². The maximum Gasteiger partial charge on any atom is 0.0589 e. The molecular formula is C17H36N2O. The van der Waals surface area contributed by atoms with Gasteiger partial charge in [-0.2, -0.15) is 0 Å². The lowest BCUT2D eigenvalue weighted by molar-refractivity contribution is 0.0509. The van der Waals surface area contributed by atoms with Gasteiger partial charge in [0.25, 0.3) is 0 Å². The molecule has 0 saturated heterocycles. The highest BCUT2D eigenvalue weighted by Gasteiger charge is 2.34. The quantitative estimate of drug-likeness (QED) is 0.666. The van der Waals surface area contributed by atoms with Crippen molar-refractivity contribution in [3.8, 4) is 0 Å². The van der Waals surface area contributed by atoms with E-state index in [0.29, 0.717) is 11.5 Å². The lowest BCUT2D eigenvalue weighted by Crippen LogP contribution is -2.49. The summed E-state index contributed by atoms with van der Waals surface area (Å²) in [6.45, 7) is 8.97. The van der Waals surface area contributed by atoms with Crippen LogP contribution in [0.2, 0.25) is 0 Å². The summed E-state index contributed by atoms with van der Waals surface area (Å²) in [5.41, 5.74) is 0.489. The second kappa shape index (κ2) is 9.75. The largest absolute Gasteiger partial charge is 0.383 e. The van der Waals surface area contributed by atoms with Gasteiger partial charge in [0.05, 0.1) is 6.61 Å². The molecule has 0 bridgehead atoms. The van der Waals surface area contributed by atoms with Gasteiger partial charge in [-0.15, -0.1) is 0 Å². The monoisotopic (exact) mass is 284 g/mol. The van der Waals surface area contributed by atoms with Crippen LogP contribution in [-0.2, 0) is 4.74 Å². The predicted molar refractivity (Wildman–Crippen MR) is 87.3 cm³/mol. The molecule has 120 valence electrons. The van der Waals surface area contributed by atoms with Crippen molar-refractivity contribution in [2.24, 2.45) is 5.41 Å². The van der Waals surface area contributed by atoms with Crippen molar-refractivity contribution in [3.05, 3.63) is 0 Å². The zero-order chi connectivity index (χ0) is 14.8. The van der Waals surface area contributed by atoms with Gasteiger partial charge in [0, 0.05) is 32.8 Å². The van der Waals surface area contributed by atoms with Crippen LogP contribution in [0.4, 0.5) is 0 Å². The molecule has 0 heterocycles. The van der Waals surface area contributed by atoms with Gasteiger partial charge in [-0.25, -0.2) is 0 Å². The number of nitrogens with one attached hydrogen (secondary N) is 1. The van der Waals surface area contributed by atoms with Gasteiger partial charge in [0.1, 0.15) is 0 Å². The number of nitrogens with zero attached hydrogens (tertiary/aromatic N) is 1. The smallest absolute Gasteiger partial charge is 0.0589 e. The Bertz CT molecular complexity index is 230. The van der Waals surface area contributed by atoms with Crippen molar-refractivity contribution in [2.45, 2.75) is 64.8 Å². The summed E-state index contributed by atoms with van der Waals surface area (Å²) in [5.74, 6) is 0. The number of hydrogen-bond acceptors (Lipinski definition) is 3. The molecule has 3 heteroatoms. The molecule has 1 saturated carbocycles. The van der Waals surface area contributed by atoms with E-state index in [9.17, 15) is 0 Å². The summed E-state index contributed by atoms with van der Waals surface area (Å²) in [6, 6.07) is 0.709. The minimum absolute atomic E-state index is 0.489. The third-order valence-electron chi connectivity index (χ3n) is 5.05. The Morgan fingerprint density at radius 1 is 1.15 bits per heavy atom. The minimum Gasteiger partial charge on any atom is -0.383 e. The highest BCUT2D eigenvalue weighted by atomic mass is 16.5. The SMILES string of the molecule is CCC(CC)N(CCOC)CC1(CNC)CCCCC1. The molecule has 0 atom stereocenters. The number of rotatable bonds is 10. The van der Waals surface area contributed by atoms with Gasteiger partial charge in [0.15, 0.2) is 0 Å². The van der Waals surface area contributed by atoms with Crippen molar-refractivity contribution in [1.29, 1.82) is 0 Å². The van der Waals surface area contributed by atoms with Crippen LogP contribution in [0.15, 0.2) is 0 Å². The average molecular weight is 284 g/mol. The molecule has 0 amide bonds. The number of methoxy groups -OCH3 is 1. The van der Waals surface area contributed by atoms with E-state index in [1.54, 1.807) is 0 Å². The van der Waals surface area contributed by atoms with E-state index in [-0.39, 0.29) is 0 Å². The molecule has 0 aromatic carbocycles. The molecule has 1 N–H and O–H groups in total. The molecule has 0 aliphatic heterocycles. The van der Waals surface area contributed by atoms with Gasteiger partial charge in [-0.05, 0) is 38.1 Å². The first-order chi connectivity index (χ1) is 9.71. The maximum absolute atomic E-state index is 5.34. The molecule has 0 aromatic rings. The summed E-state index contributed by atoms with van der Waals surface area (Å²) in [4.78, 5) is 2.70. The zero-order valence-corrected chi connectivity index (χ0v) is 14.2. The first-order valence-electron chi connectivity index (χ1n) is 8.59. The minimum atomic E-state index is 0.489. The number of ether oxygens (including phenoxy) is 1. The molecule has 1 fully saturated rings. The third-order valence-corrected chi connectivity index (χ3v) is 5.05. The summed E-state index contributed by atoms with van der Waals surface area (Å²) >= 11 is 0. The van der Waals surface area contributed by atoms with E-state index in [4.69, 9.17) is 4.74 Å². The average Bonchev–Trinajstić information content (AvgIpc) is 2.47. The van der Waals surface area contributed by atoms with Crippen molar-refractivity contribution in [3.63, 3.8) is 0 Å². The van der Waals surface area contributed by atoms with Gasteiger partial charge >= 0.3 is 0 Å². The second-order valence-electron chi connectivity index (χ2n) is 6.52. The van der Waals surface area contributed by atoms with Crippen LogP contribution < -0.4 is 5.32 Å². The molecular weight excluding hydrogens is 248 g/mol. The van der Waals surface area contributed by atoms with Crippen LogP contribution in [-0.4, -0.2) is 51.3 Å². The van der Waals surface area contributed by atoms with Gasteiger partial charge in [-0.3, -0.25) is 4.90 Å². The Labute approximate surface area is 126 Å². The van der Waals surface area contributed by atoms with Crippen LogP contribution in [0.5, 0.6) is 0 Å². The Kier molecular flexibility index (Phi) is 8.74. The van der Waals surface area contributed by atoms with Gasteiger partial charge in [0.2, 0.25) is 0 Å². The van der Waals surface area contributed by atoms with E-state index in [1.165, 1.54) is 51.5 Å². The van der Waals surface area contributed by atoms with Crippen LogP contribution in [0, 0.1) is 5.41 Å². The first-order valence-corrected chi connectivity index (χ1v) is 8.59. The Morgan fingerprint density at radius 3 is 2.30 bits per heavy atom. The highest BCUT2D eigenvalue weighted by Crippen LogP contribution is 2.37. The molecule has 0 radical (unpaired) electrons. The normalized spacial score (nSPS) is 18.9. The lowest BCUT2D eigenvalue weighted by Gasteiger charge is -2.43. The fourth-order valence-corrected chi connectivity index (χ4v) is 3.90. The molecule has 1 aliphatic carbocycles. The Morgan fingerprint density at radius 2 is 1.80 bits per heavy atom. The molecule has 0 spiro atoms. The summed E-state index contributed by atoms with van der Waals surface area (Å²) in [6.07, 6.45) is 9.50. The highest BCUT2D eigenvalue weighted by molar-refractivity contribution is 4.89. The second-order valence-corrected chi connectivity index (χ2v) is 6.52. The lowest BCUT2D eigenvalue weighted by atomic mass is 9.73. The molecule has 0 aromatic heterocycles. The topological polar surface area (TPSA) is 24.5 Å². The van der Waals surface area contributed by atoms with Crippen LogP contribution in [0.1, 0.15) is 58.8 Å². The van der Waals surface area contributed by atoms with Crippen molar-refractivity contribution < 1.29 is 4.74 Å². The molecule has 20 heavy (non-hydrogen) atoms. The molecule has 3 nitrogen and oxygen atoms in total. The first kappa shape index (κ1) is 17.9. The molecule has 1 aliphatic rings. The summed E-state index contributed by atoms with van der Waals surface area (Å²) < 4.78 is 5.34. The van der Waals surface area contributed by atoms with E-state index in [2.05, 4.69) is 31.1 Å². The maximum atomic E-state index is 5.34. The third kappa shape index (κ3) is 5.34. The Balaban J connectivity index is 2.71. The van der Waals surface area contributed by atoms with Crippen molar-refractivity contribution in [1.82, 2.24) is 10.2 Å². The van der Waals surface area contributed by atoms with Gasteiger partial charge in [-0.1, -0.05) is 33.1 Å². The van der Waals surface area contributed by atoms with E-state index < -0.39 is 0 Å². The van der Waals surface area contributed by atoms with Crippen LogP contribution in [0.3, 0.4) is 0 Å². The summed E-state index contributed by atoms with van der Waals surface area (Å²) in [7, 11) is 3.92. The molecule has 0 unspecified atom stereocenters. The van der Waals surface area contributed by atoms with Crippen LogP contribution >= 0.6 is 0 Å². The van der Waals surface area contributed by atoms with E-state index >= 15 is 0 Å². The predicted octanol–water partition coefficient (Wildman–Crippen LogP) is 3.29. The molecule has 1 rings (SSSR count).